The van der Waals surface area contributed by atoms with Gasteiger partial charge in [-0.25, -0.2) is 0 Å². The molecule has 1 aromatic rings. The Hall–Kier alpha value is -1.46. The summed E-state index contributed by atoms with van der Waals surface area (Å²) in [7, 11) is 1.63. The van der Waals surface area contributed by atoms with Gasteiger partial charge in [0.25, 0.3) is 0 Å². The number of rotatable bonds is 6. The van der Waals surface area contributed by atoms with Crippen molar-refractivity contribution in [2.24, 2.45) is 5.73 Å². The minimum Gasteiger partial charge on any atom is -0.493 e. The lowest BCUT2D eigenvalue weighted by Gasteiger charge is -2.19. The molecule has 2 atom stereocenters. The molecule has 5 nitrogen and oxygen atoms in total. The van der Waals surface area contributed by atoms with Crippen LogP contribution in [-0.2, 0) is 4.79 Å². The zero-order valence-electron chi connectivity index (χ0n) is 14.0. The van der Waals surface area contributed by atoms with E-state index in [1.54, 1.807) is 14.0 Å². The second-order valence-electron chi connectivity index (χ2n) is 5.95. The Morgan fingerprint density at radius 2 is 1.91 bits per heavy atom. The van der Waals surface area contributed by atoms with Crippen molar-refractivity contribution in [3.63, 3.8) is 0 Å². The molecule has 0 aliphatic heterocycles. The van der Waals surface area contributed by atoms with Crippen LogP contribution in [0.4, 0.5) is 0 Å². The van der Waals surface area contributed by atoms with E-state index in [1.165, 1.54) is 12.8 Å². The first-order chi connectivity index (χ1) is 10.5. The molecule has 1 unspecified atom stereocenters. The van der Waals surface area contributed by atoms with E-state index < -0.39 is 6.04 Å². The van der Waals surface area contributed by atoms with Gasteiger partial charge >= 0.3 is 0 Å². The zero-order chi connectivity index (χ0) is 16.1. The van der Waals surface area contributed by atoms with Gasteiger partial charge < -0.3 is 20.5 Å². The normalized spacial score (nSPS) is 17.0. The van der Waals surface area contributed by atoms with Crippen molar-refractivity contribution in [2.45, 2.75) is 57.7 Å². The maximum absolute atomic E-state index is 11.7. The molecular formula is C17H27ClN2O3. The molecule has 3 N–H and O–H groups in total. The Labute approximate surface area is 144 Å². The summed E-state index contributed by atoms with van der Waals surface area (Å²) in [4.78, 5) is 11.7. The number of nitrogens with one attached hydrogen (secondary N) is 1. The molecule has 1 amide bonds. The first kappa shape index (κ1) is 19.6. The monoisotopic (exact) mass is 342 g/mol. The lowest BCUT2D eigenvalue weighted by Crippen LogP contribution is -2.39. The van der Waals surface area contributed by atoms with Crippen LogP contribution in [0, 0.1) is 0 Å². The second-order valence-corrected chi connectivity index (χ2v) is 5.95. The second kappa shape index (κ2) is 8.99. The molecule has 0 heterocycles. The molecule has 1 aromatic carbocycles. The van der Waals surface area contributed by atoms with Crippen molar-refractivity contribution in [2.75, 3.05) is 7.11 Å². The third-order valence-electron chi connectivity index (χ3n) is 4.06. The molecule has 6 heteroatoms. The molecular weight excluding hydrogens is 316 g/mol. The molecule has 2 rings (SSSR count). The molecule has 0 aromatic heterocycles. The van der Waals surface area contributed by atoms with Crippen LogP contribution in [0.2, 0.25) is 0 Å². The number of benzene rings is 1. The van der Waals surface area contributed by atoms with Gasteiger partial charge in [0.15, 0.2) is 11.5 Å². The van der Waals surface area contributed by atoms with Crippen LogP contribution in [0.25, 0.3) is 0 Å². The standard InChI is InChI=1S/C17H26N2O3.ClH/c1-11(18)17(20)19-12(2)13-8-9-15(16(10-13)21-3)22-14-6-4-5-7-14;/h8-12,14H,4-7,18H2,1-3H3,(H,19,20);1H/t11-,12?;/m1./s1. The first-order valence-corrected chi connectivity index (χ1v) is 7.91. The number of halogens is 1. The van der Waals surface area contributed by atoms with Crippen molar-refractivity contribution < 1.29 is 14.3 Å². The van der Waals surface area contributed by atoms with Gasteiger partial charge in [-0.05, 0) is 57.2 Å². The molecule has 1 aliphatic carbocycles. The maximum atomic E-state index is 11.7. The number of hydrogen-bond acceptors (Lipinski definition) is 4. The van der Waals surface area contributed by atoms with Crippen LogP contribution < -0.4 is 20.5 Å². The van der Waals surface area contributed by atoms with Crippen LogP contribution in [0.15, 0.2) is 18.2 Å². The van der Waals surface area contributed by atoms with Gasteiger partial charge in [-0.1, -0.05) is 6.07 Å². The van der Waals surface area contributed by atoms with Crippen molar-refractivity contribution in [1.82, 2.24) is 5.32 Å². The summed E-state index contributed by atoms with van der Waals surface area (Å²) in [5.41, 5.74) is 6.54. The van der Waals surface area contributed by atoms with Gasteiger partial charge in [0, 0.05) is 0 Å². The fraction of sp³-hybridized carbons (Fsp3) is 0.588. The summed E-state index contributed by atoms with van der Waals surface area (Å²) in [6.45, 7) is 3.59. The predicted molar refractivity (Wildman–Crippen MR) is 93.3 cm³/mol. The molecule has 0 saturated heterocycles. The Morgan fingerprint density at radius 1 is 1.26 bits per heavy atom. The number of carbonyl (C=O) groups excluding carboxylic acids is 1. The van der Waals surface area contributed by atoms with Gasteiger partial charge in [0.1, 0.15) is 0 Å². The van der Waals surface area contributed by atoms with Crippen LogP contribution in [0.5, 0.6) is 11.5 Å². The van der Waals surface area contributed by atoms with Crippen molar-refractivity contribution >= 4 is 18.3 Å². The zero-order valence-corrected chi connectivity index (χ0v) is 14.8. The smallest absolute Gasteiger partial charge is 0.237 e. The molecule has 23 heavy (non-hydrogen) atoms. The van der Waals surface area contributed by atoms with Gasteiger partial charge in [0.05, 0.1) is 25.3 Å². The lowest BCUT2D eigenvalue weighted by atomic mass is 10.1. The van der Waals surface area contributed by atoms with Gasteiger partial charge in [-0.2, -0.15) is 0 Å². The molecule has 1 saturated carbocycles. The number of hydrogen-bond donors (Lipinski definition) is 2. The summed E-state index contributed by atoms with van der Waals surface area (Å²) >= 11 is 0. The first-order valence-electron chi connectivity index (χ1n) is 7.91. The average molecular weight is 343 g/mol. The molecule has 1 aliphatic rings. The Balaban J connectivity index is 0.00000264. The highest BCUT2D eigenvalue weighted by Gasteiger charge is 2.19. The van der Waals surface area contributed by atoms with Crippen LogP contribution in [-0.4, -0.2) is 25.2 Å². The molecule has 0 radical (unpaired) electrons. The van der Waals surface area contributed by atoms with Crippen molar-refractivity contribution in [3.8, 4) is 11.5 Å². The lowest BCUT2D eigenvalue weighted by molar-refractivity contribution is -0.122. The summed E-state index contributed by atoms with van der Waals surface area (Å²) < 4.78 is 11.5. The van der Waals surface area contributed by atoms with Gasteiger partial charge in [-0.15, -0.1) is 12.4 Å². The van der Waals surface area contributed by atoms with Crippen LogP contribution in [0.1, 0.15) is 51.1 Å². The largest absolute Gasteiger partial charge is 0.493 e. The minimum atomic E-state index is -0.519. The highest BCUT2D eigenvalue weighted by molar-refractivity contribution is 5.85. The maximum Gasteiger partial charge on any atom is 0.237 e. The number of methoxy groups -OCH3 is 1. The van der Waals surface area contributed by atoms with Crippen LogP contribution >= 0.6 is 12.4 Å². The van der Waals surface area contributed by atoms with E-state index in [9.17, 15) is 4.79 Å². The van der Waals surface area contributed by atoms with Gasteiger partial charge in [-0.3, -0.25) is 4.79 Å². The minimum absolute atomic E-state index is 0. The predicted octanol–water partition coefficient (Wildman–Crippen LogP) is 2.96. The number of nitrogens with two attached hydrogens (primary N) is 1. The van der Waals surface area contributed by atoms with Crippen molar-refractivity contribution in [1.29, 1.82) is 0 Å². The average Bonchev–Trinajstić information content (AvgIpc) is 3.00. The van der Waals surface area contributed by atoms with E-state index in [4.69, 9.17) is 15.2 Å². The molecule has 0 bridgehead atoms. The number of amides is 1. The summed E-state index contributed by atoms with van der Waals surface area (Å²) in [5, 5.41) is 2.88. The molecule has 130 valence electrons. The Kier molecular flexibility index (Phi) is 7.65. The highest BCUT2D eigenvalue weighted by Crippen LogP contribution is 2.33. The Bertz CT molecular complexity index is 517. The van der Waals surface area contributed by atoms with E-state index in [1.807, 2.05) is 25.1 Å². The van der Waals surface area contributed by atoms with Crippen LogP contribution in [0.3, 0.4) is 0 Å². The summed E-state index contributed by atoms with van der Waals surface area (Å²) in [6.07, 6.45) is 4.95. The van der Waals surface area contributed by atoms with E-state index in [-0.39, 0.29) is 30.5 Å². The van der Waals surface area contributed by atoms with E-state index >= 15 is 0 Å². The summed E-state index contributed by atoms with van der Waals surface area (Å²) in [5.74, 6) is 1.30. The molecule has 0 spiro atoms. The Morgan fingerprint density at radius 3 is 2.48 bits per heavy atom. The fourth-order valence-corrected chi connectivity index (χ4v) is 2.66. The quantitative estimate of drug-likeness (QED) is 0.833. The number of ether oxygens (including phenoxy) is 2. The third-order valence-corrected chi connectivity index (χ3v) is 4.06. The topological polar surface area (TPSA) is 73.6 Å². The highest BCUT2D eigenvalue weighted by atomic mass is 35.5. The number of carbonyl (C=O) groups is 1. The molecule has 1 fully saturated rings. The van der Waals surface area contributed by atoms with E-state index in [2.05, 4.69) is 5.32 Å². The van der Waals surface area contributed by atoms with Gasteiger partial charge in [0.2, 0.25) is 5.91 Å². The van der Waals surface area contributed by atoms with E-state index in [0.29, 0.717) is 5.75 Å². The summed E-state index contributed by atoms with van der Waals surface area (Å²) in [6, 6.07) is 5.14. The van der Waals surface area contributed by atoms with Crippen molar-refractivity contribution in [3.05, 3.63) is 23.8 Å². The SMILES string of the molecule is COc1cc(C(C)NC(=O)[C@@H](C)N)ccc1OC1CCCC1.Cl. The third kappa shape index (κ3) is 5.29. The van der Waals surface area contributed by atoms with E-state index in [0.717, 1.165) is 24.2 Å². The fourth-order valence-electron chi connectivity index (χ4n) is 2.66.